The Labute approximate surface area is 83.4 Å². The average Bonchev–Trinajstić information content (AvgIpc) is 2.22. The minimum Gasteiger partial charge on any atom is -0.0885 e. The molecule has 0 saturated heterocycles. The number of allylic oxidation sites excluding steroid dienone is 2. The van der Waals surface area contributed by atoms with Crippen LogP contribution in [0.25, 0.3) is 0 Å². The highest BCUT2D eigenvalue weighted by molar-refractivity contribution is 4.82. The van der Waals surface area contributed by atoms with Crippen molar-refractivity contribution in [3.8, 4) is 0 Å². The van der Waals surface area contributed by atoms with Crippen molar-refractivity contribution in [2.75, 3.05) is 0 Å². The Morgan fingerprint density at radius 2 is 1.62 bits per heavy atom. The van der Waals surface area contributed by atoms with Gasteiger partial charge in [-0.1, -0.05) is 51.2 Å². The monoisotopic (exact) mass is 179 g/mol. The maximum Gasteiger partial charge on any atom is -0.0351 e. The second-order valence-electron chi connectivity index (χ2n) is 4.20. The third kappa shape index (κ3) is 5.13. The molecule has 0 nitrogen and oxygen atoms in total. The van der Waals surface area contributed by atoms with Crippen molar-refractivity contribution >= 4 is 0 Å². The van der Waals surface area contributed by atoms with Crippen molar-refractivity contribution in [2.45, 2.75) is 57.8 Å². The normalized spacial score (nSPS) is 29.2. The first kappa shape index (κ1) is 10.8. The maximum absolute atomic E-state index is 4.04. The van der Waals surface area contributed by atoms with Crippen molar-refractivity contribution in [3.05, 3.63) is 19.1 Å². The van der Waals surface area contributed by atoms with Crippen LogP contribution in [0.4, 0.5) is 0 Å². The van der Waals surface area contributed by atoms with E-state index in [2.05, 4.69) is 19.1 Å². The van der Waals surface area contributed by atoms with Crippen LogP contribution in [0, 0.1) is 12.8 Å². The van der Waals surface area contributed by atoms with Gasteiger partial charge < -0.3 is 0 Å². The van der Waals surface area contributed by atoms with Crippen molar-refractivity contribution in [1.82, 2.24) is 0 Å². The molecule has 0 aromatic heterocycles. The van der Waals surface area contributed by atoms with Gasteiger partial charge in [0.25, 0.3) is 0 Å². The van der Waals surface area contributed by atoms with E-state index < -0.39 is 0 Å². The molecule has 0 heteroatoms. The first-order valence-corrected chi connectivity index (χ1v) is 5.87. The Morgan fingerprint density at radius 3 is 2.38 bits per heavy atom. The molecule has 0 heterocycles. The molecule has 1 unspecified atom stereocenters. The molecule has 1 radical (unpaired) electrons. The predicted molar refractivity (Wildman–Crippen MR) is 59.5 cm³/mol. The molecule has 1 atom stereocenters. The molecule has 1 aliphatic carbocycles. The fraction of sp³-hybridized carbons (Fsp3) is 0.769. The van der Waals surface area contributed by atoms with Gasteiger partial charge in [-0.3, -0.25) is 0 Å². The van der Waals surface area contributed by atoms with E-state index in [4.69, 9.17) is 0 Å². The van der Waals surface area contributed by atoms with E-state index >= 15 is 0 Å². The average molecular weight is 179 g/mol. The van der Waals surface area contributed by atoms with Crippen LogP contribution in [-0.2, 0) is 0 Å². The van der Waals surface area contributed by atoms with E-state index in [1.165, 1.54) is 51.4 Å². The lowest BCUT2D eigenvalue weighted by atomic mass is 9.93. The van der Waals surface area contributed by atoms with Crippen LogP contribution in [0.2, 0.25) is 0 Å². The van der Waals surface area contributed by atoms with Crippen LogP contribution in [0.15, 0.2) is 12.2 Å². The summed E-state index contributed by atoms with van der Waals surface area (Å²) in [6.45, 7) is 4.04. The highest BCUT2D eigenvalue weighted by Crippen LogP contribution is 2.21. The standard InChI is InChI=1S/C13H23/c1-2-13-11-9-7-5-3-4-6-8-10-12-13/h3,5,13H,1-2,4,6-12H2/b5-3-. The Hall–Kier alpha value is -0.260. The summed E-state index contributed by atoms with van der Waals surface area (Å²) in [5.41, 5.74) is 0. The SMILES string of the molecule is [CH2]CC1CCC/C=C\CCCCC1. The zero-order chi connectivity index (χ0) is 9.36. The molecular weight excluding hydrogens is 156 g/mol. The molecule has 0 saturated carbocycles. The zero-order valence-corrected chi connectivity index (χ0v) is 8.80. The second kappa shape index (κ2) is 7.17. The molecule has 1 rings (SSSR count). The van der Waals surface area contributed by atoms with Crippen molar-refractivity contribution in [3.63, 3.8) is 0 Å². The van der Waals surface area contributed by atoms with Gasteiger partial charge >= 0.3 is 0 Å². The molecular formula is C13H23. The van der Waals surface area contributed by atoms with E-state index in [9.17, 15) is 0 Å². The van der Waals surface area contributed by atoms with Crippen LogP contribution in [-0.4, -0.2) is 0 Å². The minimum absolute atomic E-state index is 0.909. The van der Waals surface area contributed by atoms with E-state index in [1.54, 1.807) is 0 Å². The van der Waals surface area contributed by atoms with Gasteiger partial charge in [0, 0.05) is 0 Å². The van der Waals surface area contributed by atoms with Crippen LogP contribution in [0.1, 0.15) is 57.8 Å². The van der Waals surface area contributed by atoms with Gasteiger partial charge in [-0.25, -0.2) is 0 Å². The van der Waals surface area contributed by atoms with Gasteiger partial charge in [-0.2, -0.15) is 0 Å². The summed E-state index contributed by atoms with van der Waals surface area (Å²) in [6.07, 6.45) is 16.9. The fourth-order valence-corrected chi connectivity index (χ4v) is 2.07. The predicted octanol–water partition coefficient (Wildman–Crippen LogP) is 4.52. The van der Waals surface area contributed by atoms with Crippen LogP contribution in [0.3, 0.4) is 0 Å². The lowest BCUT2D eigenvalue weighted by Crippen LogP contribution is -1.98. The van der Waals surface area contributed by atoms with E-state index in [0.29, 0.717) is 0 Å². The van der Waals surface area contributed by atoms with Crippen molar-refractivity contribution < 1.29 is 0 Å². The summed E-state index contributed by atoms with van der Waals surface area (Å²) in [4.78, 5) is 0. The first-order chi connectivity index (χ1) is 6.43. The van der Waals surface area contributed by atoms with Gasteiger partial charge in [0.2, 0.25) is 0 Å². The molecule has 0 fully saturated rings. The summed E-state index contributed by atoms with van der Waals surface area (Å²) in [7, 11) is 0. The Bertz CT molecular complexity index is 135. The zero-order valence-electron chi connectivity index (χ0n) is 8.80. The number of rotatable bonds is 1. The highest BCUT2D eigenvalue weighted by Gasteiger charge is 2.05. The van der Waals surface area contributed by atoms with E-state index in [-0.39, 0.29) is 0 Å². The molecule has 1 aliphatic rings. The highest BCUT2D eigenvalue weighted by atomic mass is 14.1. The van der Waals surface area contributed by atoms with Gasteiger partial charge in [-0.05, 0) is 31.6 Å². The third-order valence-electron chi connectivity index (χ3n) is 3.04. The summed E-state index contributed by atoms with van der Waals surface area (Å²) in [5, 5.41) is 0. The fourth-order valence-electron chi connectivity index (χ4n) is 2.07. The van der Waals surface area contributed by atoms with Crippen molar-refractivity contribution in [1.29, 1.82) is 0 Å². The van der Waals surface area contributed by atoms with Gasteiger partial charge in [0.15, 0.2) is 0 Å². The van der Waals surface area contributed by atoms with Gasteiger partial charge in [0.05, 0.1) is 0 Å². The van der Waals surface area contributed by atoms with E-state index in [1.807, 2.05) is 0 Å². The Morgan fingerprint density at radius 1 is 0.923 bits per heavy atom. The molecule has 0 spiro atoms. The lowest BCUT2D eigenvalue weighted by molar-refractivity contribution is 0.421. The van der Waals surface area contributed by atoms with Crippen LogP contribution >= 0.6 is 0 Å². The van der Waals surface area contributed by atoms with Crippen LogP contribution in [0.5, 0.6) is 0 Å². The Kier molecular flexibility index (Phi) is 5.97. The molecule has 0 aromatic rings. The summed E-state index contributed by atoms with van der Waals surface area (Å²) < 4.78 is 0. The second-order valence-corrected chi connectivity index (χ2v) is 4.20. The molecule has 0 aromatic carbocycles. The molecule has 13 heavy (non-hydrogen) atoms. The molecule has 75 valence electrons. The first-order valence-electron chi connectivity index (χ1n) is 5.87. The minimum atomic E-state index is 0.909. The van der Waals surface area contributed by atoms with Crippen LogP contribution < -0.4 is 0 Å². The summed E-state index contributed by atoms with van der Waals surface area (Å²) in [5.74, 6) is 0.909. The number of hydrogen-bond donors (Lipinski definition) is 0. The third-order valence-corrected chi connectivity index (χ3v) is 3.04. The van der Waals surface area contributed by atoms with Crippen molar-refractivity contribution in [2.24, 2.45) is 5.92 Å². The van der Waals surface area contributed by atoms with Gasteiger partial charge in [-0.15, -0.1) is 0 Å². The topological polar surface area (TPSA) is 0 Å². The molecule has 0 amide bonds. The lowest BCUT2D eigenvalue weighted by Gasteiger charge is -2.13. The van der Waals surface area contributed by atoms with Gasteiger partial charge in [0.1, 0.15) is 0 Å². The maximum atomic E-state index is 4.04. The van der Waals surface area contributed by atoms with E-state index in [0.717, 1.165) is 12.3 Å². The number of hydrogen-bond acceptors (Lipinski definition) is 0. The summed E-state index contributed by atoms with van der Waals surface area (Å²) >= 11 is 0. The molecule has 0 N–H and O–H groups in total. The Balaban J connectivity index is 2.26. The largest absolute Gasteiger partial charge is 0.0885 e. The summed E-state index contributed by atoms with van der Waals surface area (Å²) in [6, 6.07) is 0. The smallest absolute Gasteiger partial charge is 0.0351 e. The quantitative estimate of drug-likeness (QED) is 0.519. The molecule has 0 bridgehead atoms. The molecule has 0 aliphatic heterocycles.